The normalized spacial score (nSPS) is 17.1. The molecular formula is C23H21N3O3. The monoisotopic (exact) mass is 387 g/mol. The van der Waals surface area contributed by atoms with E-state index in [4.69, 9.17) is 9.47 Å². The Kier molecular flexibility index (Phi) is 5.27. The lowest BCUT2D eigenvalue weighted by molar-refractivity contribution is -0.131. The molecule has 4 rings (SSSR count). The van der Waals surface area contributed by atoms with Crippen LogP contribution in [0, 0.1) is 0 Å². The molecule has 1 aliphatic heterocycles. The fraction of sp³-hybridized carbons (Fsp3) is 0.130. The highest BCUT2D eigenvalue weighted by Crippen LogP contribution is 2.39. The van der Waals surface area contributed by atoms with Crippen molar-refractivity contribution in [3.05, 3.63) is 90.0 Å². The molecule has 0 bridgehead atoms. The highest BCUT2D eigenvalue weighted by molar-refractivity contribution is 5.82. The Morgan fingerprint density at radius 1 is 1.03 bits per heavy atom. The summed E-state index contributed by atoms with van der Waals surface area (Å²) in [7, 11) is 0. The number of para-hydroxylation sites is 1. The van der Waals surface area contributed by atoms with Crippen molar-refractivity contribution in [3.63, 3.8) is 0 Å². The van der Waals surface area contributed by atoms with Crippen LogP contribution >= 0.6 is 0 Å². The fourth-order valence-electron chi connectivity index (χ4n) is 3.15. The van der Waals surface area contributed by atoms with Gasteiger partial charge in [-0.05, 0) is 35.9 Å². The maximum atomic E-state index is 11.4. The molecule has 0 amide bonds. The van der Waals surface area contributed by atoms with Gasteiger partial charge in [0.15, 0.2) is 0 Å². The van der Waals surface area contributed by atoms with E-state index in [1.165, 1.54) is 6.92 Å². The van der Waals surface area contributed by atoms with Crippen LogP contribution in [0.4, 0.5) is 11.4 Å². The highest BCUT2D eigenvalue weighted by Gasteiger charge is 2.37. The molecule has 3 aromatic carbocycles. The summed E-state index contributed by atoms with van der Waals surface area (Å²) >= 11 is 0. The molecule has 1 unspecified atom stereocenters. The minimum Gasteiger partial charge on any atom is -0.427 e. The lowest BCUT2D eigenvalue weighted by atomic mass is 10.0. The van der Waals surface area contributed by atoms with Gasteiger partial charge in [0, 0.05) is 18.3 Å². The van der Waals surface area contributed by atoms with Crippen molar-refractivity contribution in [1.82, 2.24) is 0 Å². The van der Waals surface area contributed by atoms with Crippen molar-refractivity contribution in [2.45, 2.75) is 19.4 Å². The van der Waals surface area contributed by atoms with E-state index in [-0.39, 0.29) is 5.97 Å². The number of nitrogens with zero attached hydrogens (tertiary/aromatic N) is 1. The van der Waals surface area contributed by atoms with E-state index in [9.17, 15) is 4.79 Å². The number of hydrogen-bond donors (Lipinski definition) is 2. The predicted octanol–water partition coefficient (Wildman–Crippen LogP) is 4.50. The Hall–Kier alpha value is -3.64. The minimum absolute atomic E-state index is 0.343. The molecule has 1 atom stereocenters. The maximum absolute atomic E-state index is 11.4. The number of nitrogens with one attached hydrogen (secondary N) is 2. The van der Waals surface area contributed by atoms with Crippen molar-refractivity contribution < 1.29 is 14.3 Å². The first kappa shape index (κ1) is 18.7. The average molecular weight is 387 g/mol. The van der Waals surface area contributed by atoms with Crippen LogP contribution in [0.15, 0.2) is 83.9 Å². The smallest absolute Gasteiger partial charge is 0.308 e. The van der Waals surface area contributed by atoms with Crippen LogP contribution in [0.5, 0.6) is 5.75 Å². The largest absolute Gasteiger partial charge is 0.427 e. The second-order valence-corrected chi connectivity index (χ2v) is 6.61. The van der Waals surface area contributed by atoms with E-state index >= 15 is 0 Å². The maximum Gasteiger partial charge on any atom is 0.308 e. The van der Waals surface area contributed by atoms with Gasteiger partial charge in [-0.1, -0.05) is 48.5 Å². The quantitative estimate of drug-likeness (QED) is 0.370. The Balaban J connectivity index is 1.74. The van der Waals surface area contributed by atoms with Crippen molar-refractivity contribution in [3.8, 4) is 5.75 Å². The minimum atomic E-state index is -1.19. The number of benzene rings is 3. The Bertz CT molecular complexity index is 1020. The van der Waals surface area contributed by atoms with Crippen molar-refractivity contribution >= 4 is 23.7 Å². The number of ether oxygens (including phenoxy) is 2. The Morgan fingerprint density at radius 2 is 1.76 bits per heavy atom. The third kappa shape index (κ3) is 4.28. The Morgan fingerprint density at radius 3 is 2.48 bits per heavy atom. The third-order valence-electron chi connectivity index (χ3n) is 4.46. The number of carbonyl (C=O) groups is 1. The second-order valence-electron chi connectivity index (χ2n) is 6.61. The molecule has 0 saturated carbocycles. The van der Waals surface area contributed by atoms with Crippen LogP contribution in [0.3, 0.4) is 0 Å². The molecule has 6 heteroatoms. The van der Waals surface area contributed by atoms with Crippen LogP contribution in [0.1, 0.15) is 18.1 Å². The molecular weight excluding hydrogens is 366 g/mol. The van der Waals surface area contributed by atoms with Crippen molar-refractivity contribution in [2.75, 3.05) is 10.6 Å². The third-order valence-corrected chi connectivity index (χ3v) is 4.46. The van der Waals surface area contributed by atoms with Crippen LogP contribution in [0.2, 0.25) is 0 Å². The first-order valence-electron chi connectivity index (χ1n) is 9.29. The number of aliphatic imine (C=N–C) groups is 1. The molecule has 1 aliphatic rings. The number of esters is 1. The van der Waals surface area contributed by atoms with Gasteiger partial charge in [-0.2, -0.15) is 0 Å². The van der Waals surface area contributed by atoms with E-state index < -0.39 is 5.85 Å². The van der Waals surface area contributed by atoms with Crippen LogP contribution in [-0.2, 0) is 22.0 Å². The zero-order valence-corrected chi connectivity index (χ0v) is 16.0. The summed E-state index contributed by atoms with van der Waals surface area (Å²) in [4.78, 5) is 16.1. The zero-order chi connectivity index (χ0) is 20.1. The summed E-state index contributed by atoms with van der Waals surface area (Å²) in [6.07, 6.45) is 1.61. The summed E-state index contributed by atoms with van der Waals surface area (Å²) in [6, 6.07) is 24.9. The SMILES string of the molecule is CC(=O)Oc1ccc2c(c1)C(Nc1ccccc1)(OCc1ccccc1)N=CN2. The highest BCUT2D eigenvalue weighted by atomic mass is 16.5. The van der Waals surface area contributed by atoms with Gasteiger partial charge in [-0.3, -0.25) is 4.79 Å². The number of carbonyl (C=O) groups excluding carboxylic acids is 1. The van der Waals surface area contributed by atoms with Crippen LogP contribution < -0.4 is 15.4 Å². The fourth-order valence-corrected chi connectivity index (χ4v) is 3.15. The standard InChI is InChI=1S/C23H21N3O3/c1-17(27)29-20-12-13-22-21(14-20)23(25-16-24-22,26-19-10-6-3-7-11-19)28-15-18-8-4-2-5-9-18/h2-14,16,26H,15H2,1H3,(H,24,25). The van der Waals surface area contributed by atoms with Gasteiger partial charge in [0.1, 0.15) is 5.75 Å². The van der Waals surface area contributed by atoms with Crippen LogP contribution in [0.25, 0.3) is 0 Å². The van der Waals surface area contributed by atoms with Crippen molar-refractivity contribution in [1.29, 1.82) is 0 Å². The molecule has 6 nitrogen and oxygen atoms in total. The van der Waals surface area contributed by atoms with E-state index in [0.29, 0.717) is 12.4 Å². The lowest BCUT2D eigenvalue weighted by Gasteiger charge is -2.36. The van der Waals surface area contributed by atoms with Gasteiger partial charge in [-0.15, -0.1) is 0 Å². The molecule has 0 aromatic heterocycles. The molecule has 0 aliphatic carbocycles. The van der Waals surface area contributed by atoms with Crippen molar-refractivity contribution in [2.24, 2.45) is 4.99 Å². The number of fused-ring (bicyclic) bond motifs is 1. The molecule has 0 spiro atoms. The molecule has 3 aromatic rings. The van der Waals surface area contributed by atoms with Gasteiger partial charge < -0.3 is 20.1 Å². The summed E-state index contributed by atoms with van der Waals surface area (Å²) < 4.78 is 11.6. The lowest BCUT2D eigenvalue weighted by Crippen LogP contribution is -2.39. The first-order valence-corrected chi connectivity index (χ1v) is 9.29. The summed E-state index contributed by atoms with van der Waals surface area (Å²) in [5.74, 6) is -1.14. The molecule has 0 radical (unpaired) electrons. The number of rotatable bonds is 6. The summed E-state index contributed by atoms with van der Waals surface area (Å²) in [6.45, 7) is 1.71. The molecule has 146 valence electrons. The average Bonchev–Trinajstić information content (AvgIpc) is 2.74. The topological polar surface area (TPSA) is 72.0 Å². The van der Waals surface area contributed by atoms with E-state index in [0.717, 1.165) is 22.5 Å². The Labute approximate surface area is 169 Å². The van der Waals surface area contributed by atoms with Gasteiger partial charge in [0.25, 0.3) is 5.85 Å². The van der Waals surface area contributed by atoms with E-state index in [1.807, 2.05) is 66.7 Å². The number of hydrogen-bond acceptors (Lipinski definition) is 6. The molecule has 1 heterocycles. The van der Waals surface area contributed by atoms with Gasteiger partial charge in [0.2, 0.25) is 0 Å². The van der Waals surface area contributed by atoms with Gasteiger partial charge >= 0.3 is 5.97 Å². The van der Waals surface area contributed by atoms with E-state index in [2.05, 4.69) is 15.6 Å². The molecule has 0 saturated heterocycles. The predicted molar refractivity (Wildman–Crippen MR) is 113 cm³/mol. The van der Waals surface area contributed by atoms with Crippen LogP contribution in [-0.4, -0.2) is 12.3 Å². The first-order chi connectivity index (χ1) is 14.1. The van der Waals surface area contributed by atoms with Gasteiger partial charge in [-0.25, -0.2) is 4.99 Å². The zero-order valence-electron chi connectivity index (χ0n) is 16.0. The van der Waals surface area contributed by atoms with E-state index in [1.54, 1.807) is 18.5 Å². The second kappa shape index (κ2) is 8.16. The van der Waals surface area contributed by atoms with Gasteiger partial charge in [0.05, 0.1) is 18.5 Å². The summed E-state index contributed by atoms with van der Waals surface area (Å²) in [5, 5.41) is 6.53. The molecule has 2 N–H and O–H groups in total. The molecule has 0 fully saturated rings. The number of anilines is 2. The summed E-state index contributed by atoms with van der Waals surface area (Å²) in [5.41, 5.74) is 3.41. The molecule has 29 heavy (non-hydrogen) atoms.